The molecule has 0 radical (unpaired) electrons. The zero-order chi connectivity index (χ0) is 16.2. The van der Waals surface area contributed by atoms with Crippen molar-refractivity contribution in [3.63, 3.8) is 0 Å². The van der Waals surface area contributed by atoms with E-state index in [1.165, 1.54) is 16.0 Å². The molecule has 0 atom stereocenters. The van der Waals surface area contributed by atoms with Crippen molar-refractivity contribution in [2.45, 2.75) is 26.3 Å². The Morgan fingerprint density at radius 1 is 1.39 bits per heavy atom. The second-order valence-corrected chi connectivity index (χ2v) is 6.15. The number of ether oxygens (including phenoxy) is 1. The summed E-state index contributed by atoms with van der Waals surface area (Å²) in [4.78, 5) is 11.7. The average molecular weight is 332 g/mol. The maximum Gasteiger partial charge on any atom is 0.325 e. The molecule has 120 valence electrons. The fourth-order valence-electron chi connectivity index (χ4n) is 2.16. The van der Waals surface area contributed by atoms with Crippen molar-refractivity contribution < 1.29 is 14.6 Å². The van der Waals surface area contributed by atoms with Crippen molar-refractivity contribution in [1.82, 2.24) is 20.2 Å². The molecule has 2 aromatic heterocycles. The number of aromatic nitrogens is 4. The number of rotatable bonds is 7. The van der Waals surface area contributed by atoms with Crippen LogP contribution in [-0.4, -0.2) is 37.9 Å². The molecule has 0 aliphatic rings. The highest BCUT2D eigenvalue weighted by molar-refractivity contribution is 7.22. The SMILES string of the molecule is CCCCOc1ccc2cc(-c3nnnn3CC(=O)O)sc2c1. The smallest absolute Gasteiger partial charge is 0.325 e. The van der Waals surface area contributed by atoms with Gasteiger partial charge in [-0.05, 0) is 46.5 Å². The van der Waals surface area contributed by atoms with Crippen molar-refractivity contribution >= 4 is 27.4 Å². The third-order valence-electron chi connectivity index (χ3n) is 3.30. The summed E-state index contributed by atoms with van der Waals surface area (Å²) in [6.45, 7) is 2.57. The zero-order valence-electron chi connectivity index (χ0n) is 12.6. The van der Waals surface area contributed by atoms with Gasteiger partial charge >= 0.3 is 5.97 Å². The predicted molar refractivity (Wildman–Crippen MR) is 86.7 cm³/mol. The van der Waals surface area contributed by atoms with Crippen LogP contribution in [0, 0.1) is 0 Å². The van der Waals surface area contributed by atoms with E-state index in [4.69, 9.17) is 9.84 Å². The molecule has 0 unspecified atom stereocenters. The summed E-state index contributed by atoms with van der Waals surface area (Å²) in [6.07, 6.45) is 2.12. The number of thiophene rings is 1. The molecule has 8 heteroatoms. The molecule has 1 N–H and O–H groups in total. The van der Waals surface area contributed by atoms with E-state index in [0.29, 0.717) is 12.4 Å². The monoisotopic (exact) mass is 332 g/mol. The fraction of sp³-hybridized carbons (Fsp3) is 0.333. The van der Waals surface area contributed by atoms with Gasteiger partial charge < -0.3 is 9.84 Å². The van der Waals surface area contributed by atoms with Crippen molar-refractivity contribution in [2.24, 2.45) is 0 Å². The molecule has 1 aromatic carbocycles. The Morgan fingerprint density at radius 2 is 2.26 bits per heavy atom. The standard InChI is InChI=1S/C15H16N4O3S/c1-2-3-6-22-11-5-4-10-7-13(23-12(10)8-11)15-16-17-18-19(15)9-14(20)21/h4-5,7-8H,2-3,6,9H2,1H3,(H,20,21). The van der Waals surface area contributed by atoms with E-state index in [2.05, 4.69) is 22.4 Å². The lowest BCUT2D eigenvalue weighted by Crippen LogP contribution is -2.11. The van der Waals surface area contributed by atoms with Gasteiger partial charge in [0.15, 0.2) is 5.82 Å². The van der Waals surface area contributed by atoms with Gasteiger partial charge in [0.25, 0.3) is 0 Å². The van der Waals surface area contributed by atoms with E-state index < -0.39 is 5.97 Å². The number of unbranched alkanes of at least 4 members (excludes halogenated alkanes) is 1. The van der Waals surface area contributed by atoms with Gasteiger partial charge in [0.2, 0.25) is 0 Å². The van der Waals surface area contributed by atoms with E-state index in [1.807, 2.05) is 24.3 Å². The Labute approximate surface area is 136 Å². The molecule has 0 aliphatic carbocycles. The lowest BCUT2D eigenvalue weighted by Gasteiger charge is -2.04. The van der Waals surface area contributed by atoms with Gasteiger partial charge in [-0.15, -0.1) is 16.4 Å². The van der Waals surface area contributed by atoms with Crippen LogP contribution in [0.1, 0.15) is 19.8 Å². The lowest BCUT2D eigenvalue weighted by atomic mass is 10.2. The molecule has 3 rings (SSSR count). The highest BCUT2D eigenvalue weighted by atomic mass is 32.1. The number of tetrazole rings is 1. The third-order valence-corrected chi connectivity index (χ3v) is 4.39. The molecule has 0 amide bonds. The summed E-state index contributed by atoms with van der Waals surface area (Å²) < 4.78 is 8.05. The second-order valence-electron chi connectivity index (χ2n) is 5.07. The number of carboxylic acids is 1. The minimum absolute atomic E-state index is 0.262. The number of fused-ring (bicyclic) bond motifs is 1. The molecule has 0 aliphatic heterocycles. The van der Waals surface area contributed by atoms with Crippen LogP contribution in [0.15, 0.2) is 24.3 Å². The summed E-state index contributed by atoms with van der Waals surface area (Å²) in [6, 6.07) is 7.88. The number of hydrogen-bond acceptors (Lipinski definition) is 6. The summed E-state index contributed by atoms with van der Waals surface area (Å²) in [5.74, 6) is 0.317. The van der Waals surface area contributed by atoms with E-state index in [1.54, 1.807) is 0 Å². The zero-order valence-corrected chi connectivity index (χ0v) is 13.4. The number of nitrogens with zero attached hydrogens (tertiary/aromatic N) is 4. The van der Waals surface area contributed by atoms with Crippen LogP contribution in [0.4, 0.5) is 0 Å². The topological polar surface area (TPSA) is 90.1 Å². The van der Waals surface area contributed by atoms with Gasteiger partial charge in [-0.25, -0.2) is 4.68 Å². The first-order valence-corrected chi connectivity index (χ1v) is 8.13. The molecule has 0 fully saturated rings. The molecule has 2 heterocycles. The van der Waals surface area contributed by atoms with Crippen LogP contribution in [0.2, 0.25) is 0 Å². The van der Waals surface area contributed by atoms with Crippen LogP contribution in [0.5, 0.6) is 5.75 Å². The minimum atomic E-state index is -0.980. The number of aliphatic carboxylic acids is 1. The van der Waals surface area contributed by atoms with E-state index in [0.717, 1.165) is 33.6 Å². The van der Waals surface area contributed by atoms with Crippen LogP contribution in [0.25, 0.3) is 20.8 Å². The minimum Gasteiger partial charge on any atom is -0.494 e. The van der Waals surface area contributed by atoms with Crippen LogP contribution in [-0.2, 0) is 11.3 Å². The molecule has 3 aromatic rings. The van der Waals surface area contributed by atoms with Crippen molar-refractivity contribution in [2.75, 3.05) is 6.61 Å². The quantitative estimate of drug-likeness (QED) is 0.669. The maximum atomic E-state index is 10.9. The largest absolute Gasteiger partial charge is 0.494 e. The molecule has 0 spiro atoms. The van der Waals surface area contributed by atoms with E-state index >= 15 is 0 Å². The summed E-state index contributed by atoms with van der Waals surface area (Å²) >= 11 is 1.51. The first kappa shape index (κ1) is 15.4. The lowest BCUT2D eigenvalue weighted by molar-refractivity contribution is -0.137. The summed E-state index contributed by atoms with van der Waals surface area (Å²) in [7, 11) is 0. The molecule has 0 bridgehead atoms. The first-order chi connectivity index (χ1) is 11.2. The van der Waals surface area contributed by atoms with Crippen molar-refractivity contribution in [1.29, 1.82) is 0 Å². The van der Waals surface area contributed by atoms with Gasteiger partial charge in [0.1, 0.15) is 12.3 Å². The van der Waals surface area contributed by atoms with E-state index in [-0.39, 0.29) is 6.54 Å². The van der Waals surface area contributed by atoms with Gasteiger partial charge in [-0.1, -0.05) is 13.3 Å². The molecular formula is C15H16N4O3S. The van der Waals surface area contributed by atoms with Crippen LogP contribution in [0.3, 0.4) is 0 Å². The van der Waals surface area contributed by atoms with Crippen LogP contribution >= 0.6 is 11.3 Å². The van der Waals surface area contributed by atoms with Crippen molar-refractivity contribution in [3.05, 3.63) is 24.3 Å². The van der Waals surface area contributed by atoms with Gasteiger partial charge in [-0.3, -0.25) is 4.79 Å². The predicted octanol–water partition coefficient (Wildman–Crippen LogP) is 2.82. The van der Waals surface area contributed by atoms with Gasteiger partial charge in [0, 0.05) is 4.70 Å². The van der Waals surface area contributed by atoms with Gasteiger partial charge in [-0.2, -0.15) is 0 Å². The second kappa shape index (κ2) is 6.74. The Morgan fingerprint density at radius 3 is 3.04 bits per heavy atom. The summed E-state index contributed by atoms with van der Waals surface area (Å²) in [5, 5.41) is 21.2. The molecular weight excluding hydrogens is 316 g/mol. The highest BCUT2D eigenvalue weighted by Crippen LogP contribution is 2.34. The highest BCUT2D eigenvalue weighted by Gasteiger charge is 2.14. The Kier molecular flexibility index (Phi) is 4.52. The van der Waals surface area contributed by atoms with E-state index in [9.17, 15) is 4.79 Å². The Bertz CT molecular complexity index is 827. The molecule has 7 nitrogen and oxygen atoms in total. The molecule has 0 saturated carbocycles. The van der Waals surface area contributed by atoms with Crippen LogP contribution < -0.4 is 4.74 Å². The van der Waals surface area contributed by atoms with Gasteiger partial charge in [0.05, 0.1) is 11.5 Å². The number of hydrogen-bond donors (Lipinski definition) is 1. The average Bonchev–Trinajstić information content (AvgIpc) is 3.12. The molecule has 0 saturated heterocycles. The maximum absolute atomic E-state index is 10.9. The molecule has 23 heavy (non-hydrogen) atoms. The third kappa shape index (κ3) is 3.48. The normalized spacial score (nSPS) is 11.0. The summed E-state index contributed by atoms with van der Waals surface area (Å²) in [5.41, 5.74) is 0. The van der Waals surface area contributed by atoms with Crippen molar-refractivity contribution in [3.8, 4) is 16.5 Å². The fourth-order valence-corrected chi connectivity index (χ4v) is 3.24. The number of benzene rings is 1. The number of carboxylic acid groups (broad SMARTS) is 1. The Hall–Kier alpha value is -2.48. The Balaban J connectivity index is 1.88. The number of carbonyl (C=O) groups is 1. The first-order valence-electron chi connectivity index (χ1n) is 7.32.